The molecule has 0 aliphatic rings. The minimum absolute atomic E-state index is 0.368. The van der Waals surface area contributed by atoms with E-state index in [2.05, 4.69) is 16.9 Å². The molecule has 96 valence electrons. The fraction of sp³-hybridized carbons (Fsp3) is 0.667. The third kappa shape index (κ3) is 5.49. The summed E-state index contributed by atoms with van der Waals surface area (Å²) in [5, 5.41) is 0. The van der Waals surface area contributed by atoms with Gasteiger partial charge in [-0.25, -0.2) is 4.98 Å². The van der Waals surface area contributed by atoms with Crippen molar-refractivity contribution in [2.24, 2.45) is 0 Å². The van der Waals surface area contributed by atoms with Gasteiger partial charge in [0.2, 0.25) is 5.88 Å². The number of nitrogens with two attached hydrogens (primary N) is 1. The topological polar surface area (TPSA) is 70.3 Å². The highest BCUT2D eigenvalue weighted by Gasteiger charge is 2.03. The van der Waals surface area contributed by atoms with Crippen LogP contribution >= 0.6 is 0 Å². The van der Waals surface area contributed by atoms with Crippen LogP contribution in [0, 0.1) is 0 Å². The fourth-order valence-corrected chi connectivity index (χ4v) is 1.35. The predicted molar refractivity (Wildman–Crippen MR) is 66.8 cm³/mol. The molecule has 0 bridgehead atoms. The molecule has 0 amide bonds. The second-order valence-corrected chi connectivity index (χ2v) is 3.74. The Labute approximate surface area is 102 Å². The van der Waals surface area contributed by atoms with E-state index >= 15 is 0 Å². The molecule has 0 saturated carbocycles. The van der Waals surface area contributed by atoms with Crippen molar-refractivity contribution in [3.05, 3.63) is 11.9 Å². The van der Waals surface area contributed by atoms with E-state index in [1.165, 1.54) is 6.42 Å². The first-order valence-electron chi connectivity index (χ1n) is 6.10. The van der Waals surface area contributed by atoms with Crippen LogP contribution in [0.15, 0.2) is 6.07 Å². The van der Waals surface area contributed by atoms with Crippen LogP contribution in [0.4, 0.5) is 5.82 Å². The van der Waals surface area contributed by atoms with Gasteiger partial charge in [-0.2, -0.15) is 4.98 Å². The number of unbranched alkanes of at least 4 members (excludes halogenated alkanes) is 2. The fourth-order valence-electron chi connectivity index (χ4n) is 1.35. The molecule has 0 spiro atoms. The Morgan fingerprint density at radius 1 is 1.24 bits per heavy atom. The van der Waals surface area contributed by atoms with E-state index < -0.39 is 0 Å². The Kier molecular flexibility index (Phi) is 6.32. The summed E-state index contributed by atoms with van der Waals surface area (Å²) >= 11 is 0. The van der Waals surface area contributed by atoms with Crippen LogP contribution in [0.2, 0.25) is 0 Å². The van der Waals surface area contributed by atoms with E-state index in [0.29, 0.717) is 37.3 Å². The lowest BCUT2D eigenvalue weighted by Gasteiger charge is -2.07. The molecule has 0 saturated heterocycles. The van der Waals surface area contributed by atoms with E-state index in [1.807, 2.05) is 6.92 Å². The van der Waals surface area contributed by atoms with Crippen LogP contribution in [0.5, 0.6) is 5.88 Å². The molecule has 0 atom stereocenters. The van der Waals surface area contributed by atoms with Gasteiger partial charge in [0.1, 0.15) is 12.4 Å². The Hall–Kier alpha value is -1.36. The molecule has 1 rings (SSSR count). The van der Waals surface area contributed by atoms with Crippen LogP contribution in [0.3, 0.4) is 0 Å². The molecular weight excluding hydrogens is 218 g/mol. The summed E-state index contributed by atoms with van der Waals surface area (Å²) in [5.74, 6) is 1.51. The monoisotopic (exact) mass is 239 g/mol. The molecule has 0 aliphatic carbocycles. The van der Waals surface area contributed by atoms with Crippen LogP contribution in [0.25, 0.3) is 0 Å². The summed E-state index contributed by atoms with van der Waals surface area (Å²) in [6.45, 7) is 5.74. The first-order valence-corrected chi connectivity index (χ1v) is 6.10. The van der Waals surface area contributed by atoms with Gasteiger partial charge in [-0.15, -0.1) is 0 Å². The zero-order valence-electron chi connectivity index (χ0n) is 10.6. The summed E-state index contributed by atoms with van der Waals surface area (Å²) in [6.07, 6.45) is 3.36. The predicted octanol–water partition coefficient (Wildman–Crippen LogP) is 2.16. The summed E-state index contributed by atoms with van der Waals surface area (Å²) in [5.41, 5.74) is 5.67. The van der Waals surface area contributed by atoms with Crippen molar-refractivity contribution < 1.29 is 9.47 Å². The second-order valence-electron chi connectivity index (χ2n) is 3.74. The lowest BCUT2D eigenvalue weighted by molar-refractivity contribution is 0.127. The van der Waals surface area contributed by atoms with Crippen molar-refractivity contribution in [2.45, 2.75) is 39.7 Å². The lowest BCUT2D eigenvalue weighted by Crippen LogP contribution is -2.06. The molecule has 0 aliphatic heterocycles. The van der Waals surface area contributed by atoms with Gasteiger partial charge < -0.3 is 15.2 Å². The van der Waals surface area contributed by atoms with Crippen molar-refractivity contribution in [2.75, 3.05) is 18.9 Å². The van der Waals surface area contributed by atoms with Crippen molar-refractivity contribution in [3.63, 3.8) is 0 Å². The quantitative estimate of drug-likeness (QED) is 0.704. The molecule has 0 fully saturated rings. The van der Waals surface area contributed by atoms with Crippen molar-refractivity contribution in [1.29, 1.82) is 0 Å². The van der Waals surface area contributed by atoms with E-state index in [1.54, 1.807) is 6.07 Å². The van der Waals surface area contributed by atoms with Crippen molar-refractivity contribution in [3.8, 4) is 5.88 Å². The highest BCUT2D eigenvalue weighted by Crippen LogP contribution is 2.12. The summed E-state index contributed by atoms with van der Waals surface area (Å²) in [6, 6.07) is 1.64. The first-order chi connectivity index (χ1) is 8.26. The Morgan fingerprint density at radius 3 is 2.76 bits per heavy atom. The van der Waals surface area contributed by atoms with Crippen molar-refractivity contribution in [1.82, 2.24) is 9.97 Å². The van der Waals surface area contributed by atoms with Crippen molar-refractivity contribution >= 4 is 5.82 Å². The van der Waals surface area contributed by atoms with Gasteiger partial charge in [-0.1, -0.05) is 19.8 Å². The summed E-state index contributed by atoms with van der Waals surface area (Å²) in [4.78, 5) is 8.31. The minimum Gasteiger partial charge on any atom is -0.478 e. The van der Waals surface area contributed by atoms with Gasteiger partial charge in [-0.3, -0.25) is 0 Å². The smallest absolute Gasteiger partial charge is 0.218 e. The molecule has 1 heterocycles. The van der Waals surface area contributed by atoms with Crippen LogP contribution in [0.1, 0.15) is 38.9 Å². The normalized spacial score (nSPS) is 10.5. The average molecular weight is 239 g/mol. The molecule has 5 heteroatoms. The number of hydrogen-bond acceptors (Lipinski definition) is 5. The second kappa shape index (κ2) is 7.84. The molecule has 0 aromatic carbocycles. The van der Waals surface area contributed by atoms with Gasteiger partial charge in [0.25, 0.3) is 0 Å². The highest BCUT2D eigenvalue weighted by atomic mass is 16.5. The van der Waals surface area contributed by atoms with Crippen LogP contribution in [-0.2, 0) is 11.3 Å². The number of anilines is 1. The van der Waals surface area contributed by atoms with E-state index in [-0.39, 0.29) is 0 Å². The molecule has 1 aromatic heterocycles. The van der Waals surface area contributed by atoms with Gasteiger partial charge in [0, 0.05) is 12.7 Å². The van der Waals surface area contributed by atoms with Crippen LogP contribution < -0.4 is 10.5 Å². The largest absolute Gasteiger partial charge is 0.478 e. The third-order valence-corrected chi connectivity index (χ3v) is 2.20. The molecule has 5 nitrogen and oxygen atoms in total. The summed E-state index contributed by atoms with van der Waals surface area (Å²) < 4.78 is 10.8. The Balaban J connectivity index is 2.50. The maximum atomic E-state index is 5.67. The molecule has 1 aromatic rings. The van der Waals surface area contributed by atoms with E-state index in [9.17, 15) is 0 Å². The first kappa shape index (κ1) is 13.7. The average Bonchev–Trinajstić information content (AvgIpc) is 2.31. The van der Waals surface area contributed by atoms with E-state index in [4.69, 9.17) is 15.2 Å². The number of rotatable bonds is 8. The van der Waals surface area contributed by atoms with Crippen LogP contribution in [-0.4, -0.2) is 23.2 Å². The maximum absolute atomic E-state index is 5.67. The number of nitrogens with zero attached hydrogens (tertiary/aromatic N) is 2. The SMILES string of the molecule is CCCCCOc1cc(N)nc(COCC)n1. The standard InChI is InChI=1S/C12H21N3O2/c1-3-5-6-7-17-12-8-10(13)14-11(15-12)9-16-4-2/h8H,3-7,9H2,1-2H3,(H2,13,14,15). The van der Waals surface area contributed by atoms with E-state index in [0.717, 1.165) is 12.8 Å². The summed E-state index contributed by atoms with van der Waals surface area (Å²) in [7, 11) is 0. The highest BCUT2D eigenvalue weighted by molar-refractivity contribution is 5.32. The van der Waals surface area contributed by atoms with Gasteiger partial charge >= 0.3 is 0 Å². The Morgan fingerprint density at radius 2 is 2.06 bits per heavy atom. The number of hydrogen-bond donors (Lipinski definition) is 1. The van der Waals surface area contributed by atoms with Gasteiger partial charge in [0.15, 0.2) is 5.82 Å². The molecule has 2 N–H and O–H groups in total. The zero-order valence-corrected chi connectivity index (χ0v) is 10.6. The zero-order chi connectivity index (χ0) is 12.5. The van der Waals surface area contributed by atoms with Gasteiger partial charge in [0.05, 0.1) is 6.61 Å². The molecule has 0 unspecified atom stereocenters. The minimum atomic E-state index is 0.368. The lowest BCUT2D eigenvalue weighted by atomic mass is 10.3. The molecule has 17 heavy (non-hydrogen) atoms. The number of aromatic nitrogens is 2. The molecular formula is C12H21N3O2. The maximum Gasteiger partial charge on any atom is 0.218 e. The van der Waals surface area contributed by atoms with Gasteiger partial charge in [-0.05, 0) is 13.3 Å². The number of ether oxygens (including phenoxy) is 2. The third-order valence-electron chi connectivity index (χ3n) is 2.20. The molecule has 0 radical (unpaired) electrons. The number of nitrogen functional groups attached to an aromatic ring is 1. The Bertz CT molecular complexity index is 332.